The van der Waals surface area contributed by atoms with E-state index in [4.69, 9.17) is 11.6 Å². The van der Waals surface area contributed by atoms with Gasteiger partial charge in [0.25, 0.3) is 5.91 Å². The molecule has 0 aliphatic carbocycles. The highest BCUT2D eigenvalue weighted by Crippen LogP contribution is 2.39. The molecular weight excluding hydrogens is 452 g/mol. The number of benzene rings is 3. The molecule has 2 amide bonds. The largest absolute Gasteiger partial charge is 0.346 e. The van der Waals surface area contributed by atoms with Crippen LogP contribution in [0.4, 0.5) is 0 Å². The fourth-order valence-electron chi connectivity index (χ4n) is 3.89. The van der Waals surface area contributed by atoms with E-state index in [0.29, 0.717) is 22.9 Å². The second-order valence-corrected chi connectivity index (χ2v) is 9.73. The summed E-state index contributed by atoms with van der Waals surface area (Å²) in [5.74, 6) is 0.459. The van der Waals surface area contributed by atoms with Gasteiger partial charge in [0.1, 0.15) is 5.37 Å². The van der Waals surface area contributed by atoms with Crippen molar-refractivity contribution in [1.82, 2.24) is 10.2 Å². The first kappa shape index (κ1) is 23.4. The zero-order valence-corrected chi connectivity index (χ0v) is 20.3. The maximum Gasteiger partial charge on any atom is 0.251 e. The number of nitrogens with zero attached hydrogens (tertiary/aromatic N) is 1. The molecule has 1 saturated heterocycles. The Morgan fingerprint density at radius 1 is 1.03 bits per heavy atom. The van der Waals surface area contributed by atoms with Gasteiger partial charge in [-0.05, 0) is 59.9 Å². The van der Waals surface area contributed by atoms with Gasteiger partial charge in [-0.1, -0.05) is 67.1 Å². The maximum absolute atomic E-state index is 12.8. The van der Waals surface area contributed by atoms with Crippen LogP contribution in [0.1, 0.15) is 57.9 Å². The van der Waals surface area contributed by atoms with E-state index in [1.807, 2.05) is 60.4 Å². The highest BCUT2D eigenvalue weighted by molar-refractivity contribution is 8.00. The van der Waals surface area contributed by atoms with Crippen LogP contribution in [0.2, 0.25) is 5.02 Å². The molecule has 0 radical (unpaired) electrons. The average Bonchev–Trinajstić information content (AvgIpc) is 3.20. The lowest BCUT2D eigenvalue weighted by Crippen LogP contribution is -2.28. The van der Waals surface area contributed by atoms with Crippen molar-refractivity contribution < 1.29 is 9.59 Å². The molecule has 1 fully saturated rings. The normalized spacial score (nSPS) is 16.6. The van der Waals surface area contributed by atoms with Gasteiger partial charge in [-0.25, -0.2) is 0 Å². The van der Waals surface area contributed by atoms with Crippen LogP contribution in [0.3, 0.4) is 0 Å². The third-order valence-electron chi connectivity index (χ3n) is 5.93. The Labute approximate surface area is 204 Å². The minimum absolute atomic E-state index is 0.0682. The number of carbonyl (C=O) groups excluding carboxylic acids is 2. The number of rotatable bonds is 7. The van der Waals surface area contributed by atoms with Gasteiger partial charge in [-0.15, -0.1) is 11.8 Å². The SMILES string of the molecule is CCc1ccc([C@@H](C)NC(=O)c2ccc([C@@H]3SCC(=O)N3Cc3ccc(Cl)cc3)cc2)cc1. The Balaban J connectivity index is 1.42. The Bertz CT molecular complexity index is 1110. The fourth-order valence-corrected chi connectivity index (χ4v) is 5.21. The van der Waals surface area contributed by atoms with Crippen molar-refractivity contribution in [3.8, 4) is 0 Å². The van der Waals surface area contributed by atoms with E-state index in [2.05, 4.69) is 36.5 Å². The van der Waals surface area contributed by atoms with Gasteiger partial charge < -0.3 is 10.2 Å². The monoisotopic (exact) mass is 478 g/mol. The first-order valence-electron chi connectivity index (χ1n) is 11.1. The summed E-state index contributed by atoms with van der Waals surface area (Å²) in [7, 11) is 0. The van der Waals surface area contributed by atoms with Crippen molar-refractivity contribution in [2.24, 2.45) is 0 Å². The van der Waals surface area contributed by atoms with Crippen molar-refractivity contribution >= 4 is 35.2 Å². The highest BCUT2D eigenvalue weighted by atomic mass is 35.5. The van der Waals surface area contributed by atoms with E-state index >= 15 is 0 Å². The third kappa shape index (κ3) is 5.60. The second kappa shape index (κ2) is 10.4. The van der Waals surface area contributed by atoms with Crippen LogP contribution in [0.5, 0.6) is 0 Å². The summed E-state index contributed by atoms with van der Waals surface area (Å²) < 4.78 is 0. The number of halogens is 1. The van der Waals surface area contributed by atoms with Crippen molar-refractivity contribution in [1.29, 1.82) is 0 Å². The van der Waals surface area contributed by atoms with Crippen LogP contribution in [0.15, 0.2) is 72.8 Å². The van der Waals surface area contributed by atoms with Crippen molar-refractivity contribution in [3.63, 3.8) is 0 Å². The molecule has 1 heterocycles. The summed E-state index contributed by atoms with van der Waals surface area (Å²) in [6, 6.07) is 23.4. The lowest BCUT2D eigenvalue weighted by molar-refractivity contribution is -0.128. The van der Waals surface area contributed by atoms with E-state index in [-0.39, 0.29) is 23.2 Å². The molecule has 0 spiro atoms. The average molecular weight is 479 g/mol. The minimum Gasteiger partial charge on any atom is -0.346 e. The zero-order chi connectivity index (χ0) is 23.4. The topological polar surface area (TPSA) is 49.4 Å². The molecule has 1 N–H and O–H groups in total. The first-order valence-corrected chi connectivity index (χ1v) is 12.5. The Morgan fingerprint density at radius 2 is 1.67 bits per heavy atom. The van der Waals surface area contributed by atoms with E-state index < -0.39 is 0 Å². The van der Waals surface area contributed by atoms with Crippen LogP contribution < -0.4 is 5.32 Å². The van der Waals surface area contributed by atoms with Crippen LogP contribution in [-0.2, 0) is 17.8 Å². The number of nitrogens with one attached hydrogen (secondary N) is 1. The fraction of sp³-hybridized carbons (Fsp3) is 0.259. The van der Waals surface area contributed by atoms with E-state index in [1.54, 1.807) is 11.8 Å². The van der Waals surface area contributed by atoms with Gasteiger partial charge in [-0.2, -0.15) is 0 Å². The van der Waals surface area contributed by atoms with Crippen molar-refractivity contribution in [2.75, 3.05) is 5.75 Å². The number of amides is 2. The van der Waals surface area contributed by atoms with Gasteiger partial charge in [0.2, 0.25) is 5.91 Å². The third-order valence-corrected chi connectivity index (χ3v) is 7.44. The summed E-state index contributed by atoms with van der Waals surface area (Å²) in [5.41, 5.74) is 5.02. The summed E-state index contributed by atoms with van der Waals surface area (Å²) >= 11 is 7.59. The molecule has 6 heteroatoms. The van der Waals surface area contributed by atoms with E-state index in [9.17, 15) is 9.59 Å². The Kier molecular flexibility index (Phi) is 7.41. The zero-order valence-electron chi connectivity index (χ0n) is 18.8. The molecule has 2 atom stereocenters. The second-order valence-electron chi connectivity index (χ2n) is 8.22. The molecule has 0 bridgehead atoms. The minimum atomic E-state index is -0.109. The molecular formula is C27H27ClN2O2S. The summed E-state index contributed by atoms with van der Waals surface area (Å²) in [5, 5.41) is 3.68. The number of hydrogen-bond acceptors (Lipinski definition) is 3. The van der Waals surface area contributed by atoms with Gasteiger partial charge in [0.15, 0.2) is 0 Å². The number of thioether (sulfide) groups is 1. The molecule has 4 rings (SSSR count). The number of hydrogen-bond donors (Lipinski definition) is 1. The van der Waals surface area contributed by atoms with Crippen molar-refractivity contribution in [3.05, 3.63) is 106 Å². The van der Waals surface area contributed by atoms with Gasteiger partial charge in [-0.3, -0.25) is 9.59 Å². The van der Waals surface area contributed by atoms with Gasteiger partial charge in [0, 0.05) is 17.1 Å². The first-order chi connectivity index (χ1) is 15.9. The molecule has 33 heavy (non-hydrogen) atoms. The molecule has 3 aromatic rings. The Morgan fingerprint density at radius 3 is 2.30 bits per heavy atom. The van der Waals surface area contributed by atoms with Gasteiger partial charge >= 0.3 is 0 Å². The highest BCUT2D eigenvalue weighted by Gasteiger charge is 2.32. The molecule has 4 nitrogen and oxygen atoms in total. The predicted octanol–water partition coefficient (Wildman–Crippen LogP) is 6.17. The summed E-state index contributed by atoms with van der Waals surface area (Å²) in [6.45, 7) is 4.65. The van der Waals surface area contributed by atoms with Crippen LogP contribution in [0.25, 0.3) is 0 Å². The quantitative estimate of drug-likeness (QED) is 0.442. The molecule has 3 aromatic carbocycles. The standard InChI is InChI=1S/C27H27ClN2O2S/c1-3-19-4-8-21(9-5-19)18(2)29-26(32)22-10-12-23(13-11-22)27-30(25(31)17-33-27)16-20-6-14-24(28)15-7-20/h4-15,18,27H,3,16-17H2,1-2H3,(H,29,32)/t18-,27+/m1/s1. The summed E-state index contributed by atoms with van der Waals surface area (Å²) in [4.78, 5) is 27.2. The van der Waals surface area contributed by atoms with Crippen LogP contribution in [-0.4, -0.2) is 22.5 Å². The molecule has 0 saturated carbocycles. The van der Waals surface area contributed by atoms with E-state index in [0.717, 1.165) is 23.1 Å². The number of aryl methyl sites for hydroxylation is 1. The number of carbonyl (C=O) groups is 2. The summed E-state index contributed by atoms with van der Waals surface area (Å²) in [6.07, 6.45) is 0.995. The Hall–Kier alpha value is -2.76. The van der Waals surface area contributed by atoms with Crippen LogP contribution in [0, 0.1) is 0 Å². The lowest BCUT2D eigenvalue weighted by Gasteiger charge is -2.24. The molecule has 0 aromatic heterocycles. The van der Waals surface area contributed by atoms with E-state index in [1.165, 1.54) is 5.56 Å². The maximum atomic E-state index is 12.8. The molecule has 0 unspecified atom stereocenters. The van der Waals surface area contributed by atoms with Crippen LogP contribution >= 0.6 is 23.4 Å². The molecule has 1 aliphatic heterocycles. The smallest absolute Gasteiger partial charge is 0.251 e. The molecule has 170 valence electrons. The molecule has 1 aliphatic rings. The predicted molar refractivity (Wildman–Crippen MR) is 135 cm³/mol. The van der Waals surface area contributed by atoms with Gasteiger partial charge in [0.05, 0.1) is 11.8 Å². The van der Waals surface area contributed by atoms with Crippen molar-refractivity contribution in [2.45, 2.75) is 38.2 Å². The lowest BCUT2D eigenvalue weighted by atomic mass is 10.0.